The molecular weight excluding hydrogens is 408 g/mol. The van der Waals surface area contributed by atoms with Crippen LogP contribution in [0.4, 0.5) is 0 Å². The number of rotatable bonds is 9. The van der Waals surface area contributed by atoms with Gasteiger partial charge in [-0.3, -0.25) is 15.1 Å². The van der Waals surface area contributed by atoms with Gasteiger partial charge in [-0.2, -0.15) is 0 Å². The fraction of sp³-hybridized carbons (Fsp3) is 0.444. The van der Waals surface area contributed by atoms with Crippen molar-refractivity contribution in [2.75, 3.05) is 27.7 Å². The summed E-state index contributed by atoms with van der Waals surface area (Å²) in [6, 6.07) is 4.33. The molecule has 156 valence electrons. The lowest BCUT2D eigenvalue weighted by molar-refractivity contribution is -0.140. The summed E-state index contributed by atoms with van der Waals surface area (Å²) in [6.45, 7) is 3.06. The number of sulfonamides is 1. The SMILES string of the molecule is CCOC(=O)/C(=C\N(C)O)C(Cc1ccc(S(=O)(=O)N(C)C)c(Cl)c1)C(C)=O. The zero-order valence-electron chi connectivity index (χ0n) is 16.5. The number of hydrogen-bond acceptors (Lipinski definition) is 7. The molecule has 0 spiro atoms. The van der Waals surface area contributed by atoms with Gasteiger partial charge in [-0.15, -0.1) is 0 Å². The van der Waals surface area contributed by atoms with Crippen LogP contribution in [0, 0.1) is 5.92 Å². The number of esters is 1. The number of benzene rings is 1. The van der Waals surface area contributed by atoms with Crippen molar-refractivity contribution in [3.8, 4) is 0 Å². The Labute approximate surface area is 170 Å². The highest BCUT2D eigenvalue weighted by atomic mass is 35.5. The molecule has 0 fully saturated rings. The topological polar surface area (TPSA) is 104 Å². The molecule has 0 bridgehead atoms. The Hall–Kier alpha value is -1.94. The van der Waals surface area contributed by atoms with E-state index >= 15 is 0 Å². The first kappa shape index (κ1) is 24.1. The van der Waals surface area contributed by atoms with Gasteiger partial charge in [-0.05, 0) is 38.0 Å². The molecule has 1 aromatic rings. The lowest BCUT2D eigenvalue weighted by Gasteiger charge is -2.19. The number of Topliss-reactive ketones (excluding diaryl/α,β-unsaturated/α-hetero) is 1. The molecule has 0 aliphatic rings. The summed E-state index contributed by atoms with van der Waals surface area (Å²) >= 11 is 6.15. The number of carbonyl (C=O) groups excluding carboxylic acids is 2. The van der Waals surface area contributed by atoms with Gasteiger partial charge >= 0.3 is 5.97 Å². The largest absolute Gasteiger partial charge is 0.463 e. The van der Waals surface area contributed by atoms with Gasteiger partial charge in [0.25, 0.3) is 0 Å². The molecular formula is C18H25ClN2O6S. The van der Waals surface area contributed by atoms with Crippen molar-refractivity contribution in [1.82, 2.24) is 9.37 Å². The average molecular weight is 433 g/mol. The molecule has 0 aliphatic carbocycles. The first-order chi connectivity index (χ1) is 12.9. The minimum Gasteiger partial charge on any atom is -0.463 e. The molecule has 0 amide bonds. The van der Waals surface area contributed by atoms with Gasteiger partial charge in [0, 0.05) is 27.3 Å². The second-order valence-electron chi connectivity index (χ2n) is 6.30. The van der Waals surface area contributed by atoms with Crippen LogP contribution in [0.5, 0.6) is 0 Å². The van der Waals surface area contributed by atoms with E-state index in [0.29, 0.717) is 10.6 Å². The minimum absolute atomic E-state index is 0.00874. The van der Waals surface area contributed by atoms with E-state index in [4.69, 9.17) is 16.3 Å². The maximum atomic E-state index is 12.3. The minimum atomic E-state index is -3.71. The predicted molar refractivity (Wildman–Crippen MR) is 104 cm³/mol. The third-order valence-electron chi connectivity index (χ3n) is 3.90. The summed E-state index contributed by atoms with van der Waals surface area (Å²) < 4.78 is 30.6. The van der Waals surface area contributed by atoms with E-state index in [1.807, 2.05) is 0 Å². The van der Waals surface area contributed by atoms with E-state index in [-0.39, 0.29) is 34.3 Å². The van der Waals surface area contributed by atoms with E-state index in [0.717, 1.165) is 10.5 Å². The molecule has 1 N–H and O–H groups in total. The number of hydroxylamine groups is 2. The maximum absolute atomic E-state index is 12.3. The van der Waals surface area contributed by atoms with Crippen LogP contribution in [0.25, 0.3) is 0 Å². The molecule has 0 aliphatic heterocycles. The van der Waals surface area contributed by atoms with Crippen LogP contribution in [0.3, 0.4) is 0 Å². The van der Waals surface area contributed by atoms with Crippen molar-refractivity contribution in [3.63, 3.8) is 0 Å². The van der Waals surface area contributed by atoms with E-state index in [1.54, 1.807) is 6.92 Å². The lowest BCUT2D eigenvalue weighted by atomic mass is 9.89. The predicted octanol–water partition coefficient (Wildman–Crippen LogP) is 2.11. The summed E-state index contributed by atoms with van der Waals surface area (Å²) in [5.74, 6) is -1.94. The third-order valence-corrected chi connectivity index (χ3v) is 6.20. The summed E-state index contributed by atoms with van der Waals surface area (Å²) in [4.78, 5) is 24.4. The van der Waals surface area contributed by atoms with E-state index in [1.165, 1.54) is 46.3 Å². The van der Waals surface area contributed by atoms with Gasteiger partial charge in [0.05, 0.1) is 23.1 Å². The van der Waals surface area contributed by atoms with Gasteiger partial charge in [-0.25, -0.2) is 17.5 Å². The summed E-state index contributed by atoms with van der Waals surface area (Å²) in [7, 11) is 0.379. The number of nitrogens with zero attached hydrogens (tertiary/aromatic N) is 2. The van der Waals surface area contributed by atoms with Crippen LogP contribution in [-0.4, -0.2) is 62.5 Å². The molecule has 10 heteroatoms. The van der Waals surface area contributed by atoms with Gasteiger partial charge in [-0.1, -0.05) is 17.7 Å². The fourth-order valence-electron chi connectivity index (χ4n) is 2.49. The molecule has 8 nitrogen and oxygen atoms in total. The second-order valence-corrected chi connectivity index (χ2v) is 8.83. The van der Waals surface area contributed by atoms with E-state index in [9.17, 15) is 23.2 Å². The Balaban J connectivity index is 3.31. The van der Waals surface area contributed by atoms with Crippen molar-refractivity contribution in [1.29, 1.82) is 0 Å². The zero-order chi connectivity index (χ0) is 21.6. The number of ketones is 1. The maximum Gasteiger partial charge on any atom is 0.336 e. The average Bonchev–Trinajstić information content (AvgIpc) is 2.57. The van der Waals surface area contributed by atoms with Gasteiger partial charge in [0.2, 0.25) is 10.0 Å². The van der Waals surface area contributed by atoms with Crippen LogP contribution in [-0.2, 0) is 30.8 Å². The van der Waals surface area contributed by atoms with Crippen molar-refractivity contribution >= 4 is 33.4 Å². The number of carbonyl (C=O) groups is 2. The zero-order valence-corrected chi connectivity index (χ0v) is 18.0. The molecule has 1 rings (SSSR count). The fourth-order valence-corrected chi connectivity index (χ4v) is 3.92. The number of ether oxygens (including phenoxy) is 1. The highest BCUT2D eigenvalue weighted by Gasteiger charge is 2.28. The molecule has 1 aromatic carbocycles. The highest BCUT2D eigenvalue weighted by molar-refractivity contribution is 7.89. The van der Waals surface area contributed by atoms with Gasteiger partial charge in [0.1, 0.15) is 10.7 Å². The molecule has 28 heavy (non-hydrogen) atoms. The van der Waals surface area contributed by atoms with E-state index in [2.05, 4.69) is 0 Å². The Morgan fingerprint density at radius 3 is 2.32 bits per heavy atom. The molecule has 0 saturated carbocycles. The lowest BCUT2D eigenvalue weighted by Crippen LogP contribution is -2.26. The van der Waals surface area contributed by atoms with Crippen molar-refractivity contribution in [2.45, 2.75) is 25.2 Å². The molecule has 0 heterocycles. The van der Waals surface area contributed by atoms with Gasteiger partial charge < -0.3 is 4.74 Å². The Morgan fingerprint density at radius 2 is 1.89 bits per heavy atom. The summed E-state index contributed by atoms with van der Waals surface area (Å²) in [5.41, 5.74) is 0.541. The number of hydrogen-bond donors (Lipinski definition) is 1. The van der Waals surface area contributed by atoms with Crippen LogP contribution in [0.2, 0.25) is 5.02 Å². The third kappa shape index (κ3) is 6.03. The summed E-state index contributed by atoms with van der Waals surface area (Å²) in [6.07, 6.45) is 1.20. The van der Waals surface area contributed by atoms with Crippen LogP contribution < -0.4 is 0 Å². The van der Waals surface area contributed by atoms with Crippen molar-refractivity contribution < 1.29 is 28.0 Å². The molecule has 1 atom stereocenters. The van der Waals surface area contributed by atoms with Crippen LogP contribution >= 0.6 is 11.6 Å². The van der Waals surface area contributed by atoms with Crippen LogP contribution in [0.15, 0.2) is 34.9 Å². The number of halogens is 1. The Bertz CT molecular complexity index is 865. The molecule has 1 unspecified atom stereocenters. The van der Waals surface area contributed by atoms with Gasteiger partial charge in [0.15, 0.2) is 0 Å². The van der Waals surface area contributed by atoms with Crippen molar-refractivity contribution in [2.24, 2.45) is 5.92 Å². The highest BCUT2D eigenvalue weighted by Crippen LogP contribution is 2.27. The Morgan fingerprint density at radius 1 is 1.29 bits per heavy atom. The standard InChI is InChI=1S/C18H25ClN2O6S/c1-6-27-18(23)15(11-21(5)24)14(12(2)22)9-13-7-8-17(16(19)10-13)28(25,26)20(3)4/h7-8,10-11,14,24H,6,9H2,1-5H3/b15-11-. The van der Waals surface area contributed by atoms with E-state index < -0.39 is 21.9 Å². The smallest absolute Gasteiger partial charge is 0.336 e. The van der Waals surface area contributed by atoms with Crippen molar-refractivity contribution in [3.05, 3.63) is 40.6 Å². The van der Waals surface area contributed by atoms with Crippen LogP contribution in [0.1, 0.15) is 19.4 Å². The second kappa shape index (κ2) is 10.0. The first-order valence-corrected chi connectivity index (χ1v) is 10.3. The molecule has 0 aromatic heterocycles. The first-order valence-electron chi connectivity index (χ1n) is 8.43. The molecule has 0 radical (unpaired) electrons. The molecule has 0 saturated heterocycles. The normalized spacial score (nSPS) is 13.4. The Kier molecular flexibility index (Phi) is 8.62. The quantitative estimate of drug-likeness (QED) is 0.362. The summed E-state index contributed by atoms with van der Waals surface area (Å²) in [5, 5.41) is 10.2. The monoisotopic (exact) mass is 432 g/mol.